The normalized spacial score (nSPS) is 11.5. The number of amidine groups is 1. The second-order valence-corrected chi connectivity index (χ2v) is 5.60. The third-order valence-electron chi connectivity index (χ3n) is 3.05. The van der Waals surface area contributed by atoms with Crippen molar-refractivity contribution in [3.8, 4) is 11.5 Å². The summed E-state index contributed by atoms with van der Waals surface area (Å²) >= 11 is 12.0. The van der Waals surface area contributed by atoms with Gasteiger partial charge in [0.25, 0.3) is 5.89 Å². The fourth-order valence-corrected chi connectivity index (χ4v) is 2.32. The average Bonchev–Trinajstić information content (AvgIpc) is 3.04. The Balaban J connectivity index is 1.66. The van der Waals surface area contributed by atoms with Crippen molar-refractivity contribution >= 4 is 29.0 Å². The Bertz CT molecular complexity index is 880. The Labute approximate surface area is 147 Å². The van der Waals surface area contributed by atoms with Crippen molar-refractivity contribution in [3.63, 3.8) is 0 Å². The Kier molecular flexibility index (Phi) is 4.98. The van der Waals surface area contributed by atoms with Gasteiger partial charge < -0.3 is 15.1 Å². The van der Waals surface area contributed by atoms with Gasteiger partial charge in [0.15, 0.2) is 12.4 Å². The van der Waals surface area contributed by atoms with Gasteiger partial charge in [-0.25, -0.2) is 0 Å². The monoisotopic (exact) mass is 362 g/mol. The van der Waals surface area contributed by atoms with Crippen LogP contribution in [0.3, 0.4) is 0 Å². The van der Waals surface area contributed by atoms with Crippen molar-refractivity contribution in [2.45, 2.75) is 6.61 Å². The van der Waals surface area contributed by atoms with Gasteiger partial charge in [0.1, 0.15) is 0 Å². The highest BCUT2D eigenvalue weighted by molar-refractivity contribution is 6.33. The summed E-state index contributed by atoms with van der Waals surface area (Å²) in [7, 11) is 0. The van der Waals surface area contributed by atoms with Crippen LogP contribution in [0.25, 0.3) is 11.5 Å². The summed E-state index contributed by atoms with van der Waals surface area (Å²) in [5, 5.41) is 8.72. The molecule has 2 aromatic carbocycles. The Morgan fingerprint density at radius 2 is 2.00 bits per heavy atom. The zero-order valence-electron chi connectivity index (χ0n) is 12.3. The second kappa shape index (κ2) is 7.33. The minimum atomic E-state index is 0.00915. The molecule has 0 fully saturated rings. The van der Waals surface area contributed by atoms with Crippen molar-refractivity contribution in [1.29, 1.82) is 0 Å². The Hall–Kier alpha value is -2.57. The maximum absolute atomic E-state index is 6.09. The molecule has 6 nitrogen and oxygen atoms in total. The molecule has 8 heteroatoms. The smallest absolute Gasteiger partial charge is 0.259 e. The van der Waals surface area contributed by atoms with E-state index in [-0.39, 0.29) is 12.4 Å². The van der Waals surface area contributed by atoms with Gasteiger partial charge in [-0.15, -0.1) is 0 Å². The molecule has 3 aromatic rings. The largest absolute Gasteiger partial charge is 0.386 e. The summed E-state index contributed by atoms with van der Waals surface area (Å²) in [6, 6.07) is 14.2. The van der Waals surface area contributed by atoms with Gasteiger partial charge in [0, 0.05) is 10.6 Å². The molecular formula is C16H12Cl2N4O2. The van der Waals surface area contributed by atoms with Gasteiger partial charge in [-0.05, 0) is 24.3 Å². The quantitative estimate of drug-likeness (QED) is 0.422. The number of aromatic nitrogens is 2. The van der Waals surface area contributed by atoms with Crippen molar-refractivity contribution < 1.29 is 9.36 Å². The molecule has 24 heavy (non-hydrogen) atoms. The molecule has 122 valence electrons. The van der Waals surface area contributed by atoms with Gasteiger partial charge in [0.05, 0.1) is 10.6 Å². The molecule has 2 N–H and O–H groups in total. The van der Waals surface area contributed by atoms with Crippen LogP contribution in [0.15, 0.2) is 58.2 Å². The first-order valence-electron chi connectivity index (χ1n) is 6.92. The standard InChI is InChI=1S/C16H12Cl2N4O2/c17-11-5-3-4-10(8-11)15(19)22-23-9-14-20-16(24-21-14)12-6-1-2-7-13(12)18/h1-8H,9H2,(H2,19,22). The molecule has 1 aromatic heterocycles. The summed E-state index contributed by atoms with van der Waals surface area (Å²) in [4.78, 5) is 9.36. The number of rotatable bonds is 5. The number of nitrogens with zero attached hydrogens (tertiary/aromatic N) is 3. The molecule has 1 heterocycles. The van der Waals surface area contributed by atoms with E-state index in [2.05, 4.69) is 15.3 Å². The first-order valence-corrected chi connectivity index (χ1v) is 7.68. The minimum Gasteiger partial charge on any atom is -0.386 e. The molecule has 0 bridgehead atoms. The van der Waals surface area contributed by atoms with Gasteiger partial charge in [0.2, 0.25) is 5.82 Å². The van der Waals surface area contributed by atoms with Crippen LogP contribution in [0.1, 0.15) is 11.4 Å². The first-order chi connectivity index (χ1) is 11.6. The van der Waals surface area contributed by atoms with Crippen LogP contribution in [0.4, 0.5) is 0 Å². The predicted molar refractivity (Wildman–Crippen MR) is 91.7 cm³/mol. The number of nitrogens with two attached hydrogens (primary N) is 1. The summed E-state index contributed by atoms with van der Waals surface area (Å²) in [6.07, 6.45) is 0. The van der Waals surface area contributed by atoms with Crippen LogP contribution in [0.2, 0.25) is 10.0 Å². The second-order valence-electron chi connectivity index (χ2n) is 4.76. The third-order valence-corrected chi connectivity index (χ3v) is 3.61. The molecule has 0 unspecified atom stereocenters. The lowest BCUT2D eigenvalue weighted by molar-refractivity contribution is 0.122. The fraction of sp³-hybridized carbons (Fsp3) is 0.0625. The van der Waals surface area contributed by atoms with Crippen molar-refractivity contribution in [2.24, 2.45) is 10.9 Å². The lowest BCUT2D eigenvalue weighted by Crippen LogP contribution is -2.13. The molecule has 0 aliphatic heterocycles. The van der Waals surface area contributed by atoms with E-state index in [0.29, 0.717) is 32.9 Å². The topological polar surface area (TPSA) is 86.5 Å². The van der Waals surface area contributed by atoms with E-state index in [1.54, 1.807) is 36.4 Å². The molecule has 0 atom stereocenters. The number of hydrogen-bond acceptors (Lipinski definition) is 5. The molecule has 0 radical (unpaired) electrons. The molecule has 0 aliphatic rings. The van der Waals surface area contributed by atoms with Crippen LogP contribution in [0, 0.1) is 0 Å². The maximum Gasteiger partial charge on any atom is 0.259 e. The lowest BCUT2D eigenvalue weighted by Gasteiger charge is -2.01. The maximum atomic E-state index is 6.09. The summed E-state index contributed by atoms with van der Waals surface area (Å²) in [5.41, 5.74) is 7.14. The number of hydrogen-bond donors (Lipinski definition) is 1. The van der Waals surface area contributed by atoms with Crippen LogP contribution >= 0.6 is 23.2 Å². The van der Waals surface area contributed by atoms with Gasteiger partial charge in [-0.3, -0.25) is 0 Å². The van der Waals surface area contributed by atoms with Gasteiger partial charge in [-0.1, -0.05) is 57.8 Å². The van der Waals surface area contributed by atoms with E-state index in [4.69, 9.17) is 38.3 Å². The van der Waals surface area contributed by atoms with Crippen LogP contribution in [0.5, 0.6) is 0 Å². The molecule has 0 saturated carbocycles. The van der Waals surface area contributed by atoms with Crippen molar-refractivity contribution in [1.82, 2.24) is 10.1 Å². The molecule has 3 rings (SSSR count). The SMILES string of the molecule is N/C(=N/OCc1noc(-c2ccccc2Cl)n1)c1cccc(Cl)c1. The molecule has 0 aliphatic carbocycles. The van der Waals surface area contributed by atoms with Crippen LogP contribution < -0.4 is 5.73 Å². The molecule has 0 spiro atoms. The van der Waals surface area contributed by atoms with Crippen LogP contribution in [-0.2, 0) is 11.4 Å². The third kappa shape index (κ3) is 3.84. The van der Waals surface area contributed by atoms with E-state index in [1.807, 2.05) is 12.1 Å². The number of oxime groups is 1. The van der Waals surface area contributed by atoms with Crippen molar-refractivity contribution in [3.05, 3.63) is 70.0 Å². The highest BCUT2D eigenvalue weighted by atomic mass is 35.5. The zero-order chi connectivity index (χ0) is 16.9. The van der Waals surface area contributed by atoms with E-state index in [0.717, 1.165) is 0 Å². The zero-order valence-corrected chi connectivity index (χ0v) is 13.8. The lowest BCUT2D eigenvalue weighted by atomic mass is 10.2. The van der Waals surface area contributed by atoms with Gasteiger partial charge in [-0.2, -0.15) is 4.98 Å². The molecule has 0 saturated heterocycles. The molecule has 0 amide bonds. The Morgan fingerprint density at radius 3 is 2.79 bits per heavy atom. The first kappa shape index (κ1) is 16.3. The van der Waals surface area contributed by atoms with E-state index < -0.39 is 0 Å². The highest BCUT2D eigenvalue weighted by Gasteiger charge is 2.12. The summed E-state index contributed by atoms with van der Waals surface area (Å²) in [5.74, 6) is 0.839. The molecular weight excluding hydrogens is 351 g/mol. The highest BCUT2D eigenvalue weighted by Crippen LogP contribution is 2.25. The number of benzene rings is 2. The van der Waals surface area contributed by atoms with E-state index in [1.165, 1.54) is 0 Å². The van der Waals surface area contributed by atoms with Crippen LogP contribution in [-0.4, -0.2) is 16.0 Å². The van der Waals surface area contributed by atoms with Gasteiger partial charge >= 0.3 is 0 Å². The Morgan fingerprint density at radius 1 is 1.17 bits per heavy atom. The minimum absolute atomic E-state index is 0.00915. The van der Waals surface area contributed by atoms with E-state index in [9.17, 15) is 0 Å². The fourth-order valence-electron chi connectivity index (χ4n) is 1.92. The summed E-state index contributed by atoms with van der Waals surface area (Å²) in [6.45, 7) is 0.00915. The number of halogens is 2. The van der Waals surface area contributed by atoms with Crippen molar-refractivity contribution in [2.75, 3.05) is 0 Å². The summed E-state index contributed by atoms with van der Waals surface area (Å²) < 4.78 is 5.17. The van der Waals surface area contributed by atoms with E-state index >= 15 is 0 Å². The predicted octanol–water partition coefficient (Wildman–Crippen LogP) is 3.88. The average molecular weight is 363 g/mol.